The summed E-state index contributed by atoms with van der Waals surface area (Å²) in [7, 11) is 0. The molecule has 0 saturated carbocycles. The fourth-order valence-electron chi connectivity index (χ4n) is 1.13. The summed E-state index contributed by atoms with van der Waals surface area (Å²) in [4.78, 5) is 21.6. The average molecular weight is 232 g/mol. The minimum absolute atomic E-state index is 0.0362. The molecule has 0 unspecified atom stereocenters. The van der Waals surface area contributed by atoms with E-state index in [4.69, 9.17) is 9.84 Å². The molecule has 0 heterocycles. The van der Waals surface area contributed by atoms with Crippen molar-refractivity contribution in [3.05, 3.63) is 35.4 Å². The molecule has 0 fully saturated rings. The summed E-state index contributed by atoms with van der Waals surface area (Å²) in [6, 6.07) is 6.14. The maximum absolute atomic E-state index is 11.0. The second kappa shape index (κ2) is 6.33. The minimum Gasteiger partial charge on any atom is -0.478 e. The lowest BCUT2D eigenvalue weighted by molar-refractivity contribution is -0.141. The van der Waals surface area contributed by atoms with Crippen molar-refractivity contribution in [2.24, 2.45) is 0 Å². The third-order valence-electron chi connectivity index (χ3n) is 1.90. The molecule has 4 heteroatoms. The maximum atomic E-state index is 11.0. The number of rotatable bonds is 3. The molecule has 88 valence electrons. The minimum atomic E-state index is -0.976. The zero-order valence-corrected chi connectivity index (χ0v) is 9.40. The molecule has 4 nitrogen and oxygen atoms in total. The Morgan fingerprint density at radius 2 is 1.94 bits per heavy atom. The van der Waals surface area contributed by atoms with Crippen molar-refractivity contribution >= 4 is 11.9 Å². The average Bonchev–Trinajstić information content (AvgIpc) is 2.30. The van der Waals surface area contributed by atoms with E-state index in [-0.39, 0.29) is 18.0 Å². The van der Waals surface area contributed by atoms with Gasteiger partial charge in [-0.25, -0.2) is 4.79 Å². The Morgan fingerprint density at radius 1 is 1.29 bits per heavy atom. The van der Waals surface area contributed by atoms with Crippen LogP contribution in [0.15, 0.2) is 24.3 Å². The number of carboxylic acid groups (broad SMARTS) is 1. The fourth-order valence-corrected chi connectivity index (χ4v) is 1.13. The van der Waals surface area contributed by atoms with Crippen LogP contribution in [-0.2, 0) is 9.53 Å². The van der Waals surface area contributed by atoms with Gasteiger partial charge in [0.1, 0.15) is 6.42 Å². The molecular weight excluding hydrogens is 220 g/mol. The Balaban J connectivity index is 2.60. The lowest BCUT2D eigenvalue weighted by Gasteiger charge is -1.95. The summed E-state index contributed by atoms with van der Waals surface area (Å²) >= 11 is 0. The highest BCUT2D eigenvalue weighted by atomic mass is 16.5. The normalized spacial score (nSPS) is 9.00. The first-order chi connectivity index (χ1) is 8.13. The van der Waals surface area contributed by atoms with Gasteiger partial charge in [-0.1, -0.05) is 11.8 Å². The fraction of sp³-hybridized carbons (Fsp3) is 0.231. The molecule has 0 aliphatic carbocycles. The van der Waals surface area contributed by atoms with Crippen molar-refractivity contribution in [3.63, 3.8) is 0 Å². The van der Waals surface area contributed by atoms with Crippen LogP contribution in [0.1, 0.15) is 29.3 Å². The number of esters is 1. The third-order valence-corrected chi connectivity index (χ3v) is 1.90. The molecular formula is C13H12O4. The lowest BCUT2D eigenvalue weighted by Crippen LogP contribution is -2.01. The molecule has 0 spiro atoms. The highest BCUT2D eigenvalue weighted by Crippen LogP contribution is 2.03. The van der Waals surface area contributed by atoms with Crippen molar-refractivity contribution in [1.82, 2.24) is 0 Å². The van der Waals surface area contributed by atoms with E-state index in [2.05, 4.69) is 11.8 Å². The Morgan fingerprint density at radius 3 is 2.47 bits per heavy atom. The van der Waals surface area contributed by atoms with E-state index in [1.165, 1.54) is 12.1 Å². The van der Waals surface area contributed by atoms with E-state index < -0.39 is 5.97 Å². The summed E-state index contributed by atoms with van der Waals surface area (Å²) in [6.07, 6.45) is 0.0362. The molecule has 0 aliphatic heterocycles. The summed E-state index contributed by atoms with van der Waals surface area (Å²) in [5, 5.41) is 8.69. The molecule has 0 aromatic heterocycles. The molecule has 0 amide bonds. The van der Waals surface area contributed by atoms with Crippen LogP contribution in [-0.4, -0.2) is 23.7 Å². The maximum Gasteiger partial charge on any atom is 0.335 e. The van der Waals surface area contributed by atoms with Crippen molar-refractivity contribution in [3.8, 4) is 11.8 Å². The summed E-state index contributed by atoms with van der Waals surface area (Å²) in [6.45, 7) is 2.07. The number of aromatic carboxylic acids is 1. The van der Waals surface area contributed by atoms with E-state index in [0.29, 0.717) is 12.2 Å². The molecule has 1 rings (SSSR count). The number of ether oxygens (including phenoxy) is 1. The van der Waals surface area contributed by atoms with Gasteiger partial charge in [-0.15, -0.1) is 0 Å². The Bertz CT molecular complexity index is 462. The SMILES string of the molecule is CCOC(=O)CC#Cc1ccc(C(=O)O)cc1. The first-order valence-corrected chi connectivity index (χ1v) is 5.11. The topological polar surface area (TPSA) is 63.6 Å². The van der Waals surface area contributed by atoms with Crippen LogP contribution in [0, 0.1) is 11.8 Å². The number of hydrogen-bond acceptors (Lipinski definition) is 3. The second-order valence-corrected chi connectivity index (χ2v) is 3.17. The van der Waals surface area contributed by atoms with E-state index >= 15 is 0 Å². The van der Waals surface area contributed by atoms with Crippen LogP contribution in [0.5, 0.6) is 0 Å². The number of hydrogen-bond donors (Lipinski definition) is 1. The first kappa shape index (κ1) is 12.8. The first-order valence-electron chi connectivity index (χ1n) is 5.11. The van der Waals surface area contributed by atoms with Gasteiger partial charge in [0.15, 0.2) is 0 Å². The third kappa shape index (κ3) is 4.39. The van der Waals surface area contributed by atoms with Gasteiger partial charge in [-0.05, 0) is 31.2 Å². The van der Waals surface area contributed by atoms with Crippen molar-refractivity contribution < 1.29 is 19.4 Å². The molecule has 0 bridgehead atoms. The molecule has 0 aliphatic rings. The number of carbonyl (C=O) groups excluding carboxylic acids is 1. The smallest absolute Gasteiger partial charge is 0.335 e. The Kier molecular flexibility index (Phi) is 4.77. The predicted molar refractivity (Wildman–Crippen MR) is 61.5 cm³/mol. The van der Waals surface area contributed by atoms with Gasteiger partial charge in [0.05, 0.1) is 12.2 Å². The van der Waals surface area contributed by atoms with Crippen LogP contribution >= 0.6 is 0 Å². The van der Waals surface area contributed by atoms with Crippen LogP contribution in [0.3, 0.4) is 0 Å². The van der Waals surface area contributed by atoms with Gasteiger partial charge in [0.25, 0.3) is 0 Å². The molecule has 17 heavy (non-hydrogen) atoms. The van der Waals surface area contributed by atoms with Gasteiger partial charge in [-0.3, -0.25) is 4.79 Å². The van der Waals surface area contributed by atoms with E-state index in [9.17, 15) is 9.59 Å². The summed E-state index contributed by atoms with van der Waals surface area (Å²) < 4.78 is 4.71. The molecule has 0 atom stereocenters. The standard InChI is InChI=1S/C13H12O4/c1-2-17-12(14)5-3-4-10-6-8-11(9-7-10)13(15)16/h6-9H,2,5H2,1H3,(H,15,16). The molecule has 1 aromatic carbocycles. The highest BCUT2D eigenvalue weighted by molar-refractivity contribution is 5.87. The lowest BCUT2D eigenvalue weighted by atomic mass is 10.1. The van der Waals surface area contributed by atoms with Crippen LogP contribution in [0.2, 0.25) is 0 Å². The zero-order chi connectivity index (χ0) is 12.7. The van der Waals surface area contributed by atoms with Crippen LogP contribution in [0.25, 0.3) is 0 Å². The number of carbonyl (C=O) groups is 2. The van der Waals surface area contributed by atoms with Crippen LogP contribution in [0.4, 0.5) is 0 Å². The second-order valence-electron chi connectivity index (χ2n) is 3.17. The largest absolute Gasteiger partial charge is 0.478 e. The molecule has 1 N–H and O–H groups in total. The number of benzene rings is 1. The number of carboxylic acids is 1. The van der Waals surface area contributed by atoms with Gasteiger partial charge in [0.2, 0.25) is 0 Å². The Labute approximate surface area is 99.2 Å². The molecule has 0 radical (unpaired) electrons. The highest BCUT2D eigenvalue weighted by Gasteiger charge is 2.00. The van der Waals surface area contributed by atoms with E-state index in [1.807, 2.05) is 0 Å². The van der Waals surface area contributed by atoms with Gasteiger partial charge >= 0.3 is 11.9 Å². The van der Waals surface area contributed by atoms with Crippen molar-refractivity contribution in [1.29, 1.82) is 0 Å². The van der Waals surface area contributed by atoms with Gasteiger partial charge < -0.3 is 9.84 Å². The van der Waals surface area contributed by atoms with Crippen molar-refractivity contribution in [2.75, 3.05) is 6.61 Å². The van der Waals surface area contributed by atoms with E-state index in [1.54, 1.807) is 19.1 Å². The summed E-state index contributed by atoms with van der Waals surface area (Å²) in [5.74, 6) is 4.08. The molecule has 0 saturated heterocycles. The van der Waals surface area contributed by atoms with E-state index in [0.717, 1.165) is 0 Å². The zero-order valence-electron chi connectivity index (χ0n) is 9.40. The van der Waals surface area contributed by atoms with Gasteiger partial charge in [0, 0.05) is 5.56 Å². The van der Waals surface area contributed by atoms with Gasteiger partial charge in [-0.2, -0.15) is 0 Å². The quantitative estimate of drug-likeness (QED) is 0.636. The monoisotopic (exact) mass is 232 g/mol. The Hall–Kier alpha value is -2.28. The predicted octanol–water partition coefficient (Wildman–Crippen LogP) is 1.69. The van der Waals surface area contributed by atoms with Crippen molar-refractivity contribution in [2.45, 2.75) is 13.3 Å². The van der Waals surface area contributed by atoms with Crippen LogP contribution < -0.4 is 0 Å². The molecule has 1 aromatic rings. The summed E-state index contributed by atoms with van der Waals surface area (Å²) in [5.41, 5.74) is 0.875.